The van der Waals surface area contributed by atoms with Crippen LogP contribution in [-0.2, 0) is 20.1 Å². The number of halogens is 2. The monoisotopic (exact) mass is 444 g/mol. The molecular weight excluding hydrogens is 427 g/mol. The number of nitrogens with zero attached hydrogens (tertiary/aromatic N) is 1. The number of allylic oxidation sites excluding steroid dienone is 1. The number of hydrogen-bond acceptors (Lipinski definition) is 5. The molecule has 2 aromatic rings. The van der Waals surface area contributed by atoms with Gasteiger partial charge in [0.25, 0.3) is 0 Å². The van der Waals surface area contributed by atoms with Gasteiger partial charge in [-0.3, -0.25) is 9.59 Å². The van der Waals surface area contributed by atoms with Crippen molar-refractivity contribution in [2.75, 3.05) is 6.61 Å². The van der Waals surface area contributed by atoms with E-state index in [1.807, 2.05) is 12.1 Å². The first-order valence-corrected chi connectivity index (χ1v) is 10.6. The van der Waals surface area contributed by atoms with E-state index in [1.165, 1.54) is 30.0 Å². The summed E-state index contributed by atoms with van der Waals surface area (Å²) in [5, 5.41) is 13.4. The lowest BCUT2D eigenvalue weighted by molar-refractivity contribution is -0.152. The highest BCUT2D eigenvalue weighted by Crippen LogP contribution is 2.41. The number of benzene rings is 2. The first kappa shape index (κ1) is 21.9. The Labute approximate surface area is 182 Å². The number of carbonyl (C=O) groups is 2. The lowest BCUT2D eigenvalue weighted by atomic mass is 9.78. The van der Waals surface area contributed by atoms with Crippen molar-refractivity contribution in [1.29, 1.82) is 5.26 Å². The third kappa shape index (κ3) is 4.66. The number of ether oxygens (including phenoxy) is 1. The minimum atomic E-state index is -1.35. The third-order valence-corrected chi connectivity index (χ3v) is 5.95. The van der Waals surface area contributed by atoms with Crippen molar-refractivity contribution in [3.8, 4) is 6.07 Å². The van der Waals surface area contributed by atoms with Crippen molar-refractivity contribution in [3.05, 3.63) is 81.1 Å². The quantitative estimate of drug-likeness (QED) is 0.522. The van der Waals surface area contributed by atoms with Crippen LogP contribution in [0.2, 0.25) is 5.02 Å². The first-order valence-electron chi connectivity index (χ1n) is 9.19. The fourth-order valence-corrected chi connectivity index (χ4v) is 4.35. The van der Waals surface area contributed by atoms with Crippen LogP contribution in [0.25, 0.3) is 0 Å². The van der Waals surface area contributed by atoms with Gasteiger partial charge in [0.15, 0.2) is 0 Å². The van der Waals surface area contributed by atoms with Crippen molar-refractivity contribution in [2.45, 2.75) is 18.6 Å². The Kier molecular flexibility index (Phi) is 7.14. The van der Waals surface area contributed by atoms with Crippen LogP contribution in [0, 0.1) is 23.1 Å². The zero-order valence-electron chi connectivity index (χ0n) is 16.0. The molecule has 154 valence electrons. The van der Waals surface area contributed by atoms with Crippen LogP contribution in [0.3, 0.4) is 0 Å². The number of nitrogens with one attached hydrogen (secondary N) is 1. The molecule has 5 nitrogen and oxygen atoms in total. The smallest absolute Gasteiger partial charge is 0.319 e. The van der Waals surface area contributed by atoms with Crippen LogP contribution < -0.4 is 5.32 Å². The molecule has 0 radical (unpaired) electrons. The summed E-state index contributed by atoms with van der Waals surface area (Å²) >= 11 is 7.13. The maximum atomic E-state index is 14.6. The van der Waals surface area contributed by atoms with Gasteiger partial charge in [-0.2, -0.15) is 5.26 Å². The average Bonchev–Trinajstić information content (AvgIpc) is 2.73. The average molecular weight is 445 g/mol. The Morgan fingerprint density at radius 2 is 1.97 bits per heavy atom. The molecule has 8 heteroatoms. The van der Waals surface area contributed by atoms with Crippen molar-refractivity contribution in [3.63, 3.8) is 0 Å². The molecule has 0 aromatic heterocycles. The number of carbonyl (C=O) groups excluding carboxylic acids is 2. The van der Waals surface area contributed by atoms with Gasteiger partial charge in [0.2, 0.25) is 5.91 Å². The third-order valence-electron chi connectivity index (χ3n) is 4.61. The van der Waals surface area contributed by atoms with E-state index in [-0.39, 0.29) is 17.7 Å². The summed E-state index contributed by atoms with van der Waals surface area (Å²) in [6.45, 7) is 1.68. The van der Waals surface area contributed by atoms with E-state index in [0.717, 1.165) is 5.56 Å². The molecule has 0 bridgehead atoms. The minimum Gasteiger partial charge on any atom is -0.465 e. The van der Waals surface area contributed by atoms with E-state index in [4.69, 9.17) is 16.3 Å². The molecule has 1 heterocycles. The lowest BCUT2D eigenvalue weighted by Gasteiger charge is -2.31. The molecule has 0 fully saturated rings. The first-order chi connectivity index (χ1) is 14.5. The van der Waals surface area contributed by atoms with Crippen LogP contribution in [0.5, 0.6) is 0 Å². The Balaban J connectivity index is 2.03. The van der Waals surface area contributed by atoms with Gasteiger partial charge in [-0.15, -0.1) is 11.8 Å². The Bertz CT molecular complexity index is 1030. The molecule has 0 spiro atoms. The molecule has 30 heavy (non-hydrogen) atoms. The van der Waals surface area contributed by atoms with Gasteiger partial charge in [0, 0.05) is 16.7 Å². The van der Waals surface area contributed by atoms with Gasteiger partial charge in [-0.25, -0.2) is 4.39 Å². The van der Waals surface area contributed by atoms with Crippen LogP contribution in [0.1, 0.15) is 24.0 Å². The molecule has 1 N–H and O–H groups in total. The Morgan fingerprint density at radius 1 is 1.27 bits per heavy atom. The highest BCUT2D eigenvalue weighted by atomic mass is 35.5. The second-order valence-electron chi connectivity index (χ2n) is 6.49. The Morgan fingerprint density at radius 3 is 2.60 bits per heavy atom. The molecule has 1 aliphatic rings. The molecule has 0 unspecified atom stereocenters. The van der Waals surface area contributed by atoms with Gasteiger partial charge in [0.1, 0.15) is 11.7 Å². The van der Waals surface area contributed by atoms with Gasteiger partial charge >= 0.3 is 5.97 Å². The molecule has 3 rings (SSSR count). The number of esters is 1. The minimum absolute atomic E-state index is 0.0659. The zero-order valence-corrected chi connectivity index (χ0v) is 17.6. The fourth-order valence-electron chi connectivity index (χ4n) is 3.22. The number of hydrogen-bond donors (Lipinski definition) is 1. The Hall–Kier alpha value is -2.82. The molecule has 2 atom stereocenters. The van der Waals surface area contributed by atoms with Gasteiger partial charge in [0.05, 0.1) is 23.3 Å². The summed E-state index contributed by atoms with van der Waals surface area (Å²) in [5.74, 6) is -3.99. The van der Waals surface area contributed by atoms with E-state index in [2.05, 4.69) is 11.4 Å². The predicted octanol–water partition coefficient (Wildman–Crippen LogP) is 4.54. The van der Waals surface area contributed by atoms with Crippen LogP contribution in [0.4, 0.5) is 4.39 Å². The summed E-state index contributed by atoms with van der Waals surface area (Å²) in [6.07, 6.45) is 0. The largest absolute Gasteiger partial charge is 0.465 e. The van der Waals surface area contributed by atoms with Gasteiger partial charge in [-0.1, -0.05) is 41.9 Å². The van der Waals surface area contributed by atoms with Crippen molar-refractivity contribution in [1.82, 2.24) is 5.32 Å². The molecular formula is C22H18ClFN2O3S. The van der Waals surface area contributed by atoms with E-state index in [9.17, 15) is 19.2 Å². The summed E-state index contributed by atoms with van der Waals surface area (Å²) in [7, 11) is 0. The summed E-state index contributed by atoms with van der Waals surface area (Å²) < 4.78 is 19.7. The van der Waals surface area contributed by atoms with E-state index < -0.39 is 29.5 Å². The van der Waals surface area contributed by atoms with Crippen molar-refractivity contribution >= 4 is 35.2 Å². The lowest BCUT2D eigenvalue weighted by Crippen LogP contribution is -2.44. The highest BCUT2D eigenvalue weighted by Gasteiger charge is 2.45. The maximum absolute atomic E-state index is 14.6. The summed E-state index contributed by atoms with van der Waals surface area (Å²) in [5.41, 5.74) is 1.15. The van der Waals surface area contributed by atoms with E-state index >= 15 is 0 Å². The fraction of sp³-hybridized carbons (Fsp3) is 0.227. The number of nitriles is 1. The standard InChI is InChI=1S/C22H18ClFN2O3S/c1-2-29-22(28)19-18(15-5-3-4-6-17(15)24)16(11-25)21(26-20(19)27)30-12-13-7-9-14(23)10-8-13/h3-10,18-19H,2,12H2,1H3,(H,26,27)/t18-,19+/m0/s1. The van der Waals surface area contributed by atoms with E-state index in [1.54, 1.807) is 25.1 Å². The second-order valence-corrected chi connectivity index (χ2v) is 7.91. The molecule has 1 amide bonds. The van der Waals surface area contributed by atoms with Crippen molar-refractivity contribution in [2.24, 2.45) is 5.92 Å². The normalized spacial score (nSPS) is 18.5. The summed E-state index contributed by atoms with van der Waals surface area (Å²) in [6, 6.07) is 15.1. The van der Waals surface area contributed by atoms with Crippen molar-refractivity contribution < 1.29 is 18.7 Å². The van der Waals surface area contributed by atoms with Crippen LogP contribution in [-0.4, -0.2) is 18.5 Å². The predicted molar refractivity (Wildman–Crippen MR) is 113 cm³/mol. The van der Waals surface area contributed by atoms with Crippen LogP contribution in [0.15, 0.2) is 59.1 Å². The number of amides is 1. The zero-order chi connectivity index (χ0) is 21.7. The summed E-state index contributed by atoms with van der Waals surface area (Å²) in [4.78, 5) is 25.4. The van der Waals surface area contributed by atoms with Gasteiger partial charge in [-0.05, 0) is 36.2 Å². The molecule has 0 saturated carbocycles. The maximum Gasteiger partial charge on any atom is 0.319 e. The molecule has 0 saturated heterocycles. The highest BCUT2D eigenvalue weighted by molar-refractivity contribution is 8.02. The number of rotatable bonds is 6. The topological polar surface area (TPSA) is 79.2 Å². The van der Waals surface area contributed by atoms with E-state index in [0.29, 0.717) is 15.8 Å². The molecule has 1 aliphatic heterocycles. The molecule has 2 aromatic carbocycles. The second kappa shape index (κ2) is 9.79. The number of thioether (sulfide) groups is 1. The van der Waals surface area contributed by atoms with Crippen LogP contribution >= 0.6 is 23.4 Å². The van der Waals surface area contributed by atoms with Gasteiger partial charge < -0.3 is 10.1 Å². The molecule has 0 aliphatic carbocycles. The SMILES string of the molecule is CCOC(=O)[C@H]1C(=O)NC(SCc2ccc(Cl)cc2)=C(C#N)[C@@H]1c1ccccc1F.